The van der Waals surface area contributed by atoms with E-state index in [1.165, 1.54) is 4.88 Å². The minimum absolute atomic E-state index is 0.0626. The fourth-order valence-corrected chi connectivity index (χ4v) is 3.37. The number of aromatic nitrogens is 2. The highest BCUT2D eigenvalue weighted by Crippen LogP contribution is 2.23. The molecule has 3 aromatic rings. The minimum Gasteiger partial charge on any atom is -0.481 e. The van der Waals surface area contributed by atoms with E-state index in [1.807, 2.05) is 42.9 Å². The Morgan fingerprint density at radius 1 is 1.38 bits per heavy atom. The molecule has 108 valence electrons. The van der Waals surface area contributed by atoms with E-state index in [-0.39, 0.29) is 6.42 Å². The fourth-order valence-electron chi connectivity index (χ4n) is 2.60. The number of carbonyl (C=O) groups is 1. The molecule has 0 bridgehead atoms. The molecule has 0 aliphatic rings. The third kappa shape index (κ3) is 2.83. The van der Waals surface area contributed by atoms with Gasteiger partial charge >= 0.3 is 5.97 Å². The van der Waals surface area contributed by atoms with Crippen molar-refractivity contribution >= 4 is 28.2 Å². The second kappa shape index (κ2) is 5.69. The Labute approximate surface area is 126 Å². The van der Waals surface area contributed by atoms with Crippen LogP contribution in [-0.4, -0.2) is 20.6 Å². The lowest BCUT2D eigenvalue weighted by Crippen LogP contribution is -2.01. The van der Waals surface area contributed by atoms with E-state index in [0.29, 0.717) is 0 Å². The van der Waals surface area contributed by atoms with Gasteiger partial charge < -0.3 is 9.67 Å². The first-order valence-electron chi connectivity index (χ1n) is 6.82. The van der Waals surface area contributed by atoms with E-state index in [0.717, 1.165) is 35.1 Å². The Bertz CT molecular complexity index is 789. The van der Waals surface area contributed by atoms with Crippen molar-refractivity contribution in [3.8, 4) is 0 Å². The normalized spacial score (nSPS) is 11.1. The first-order valence-corrected chi connectivity index (χ1v) is 7.70. The number of hydrogen-bond acceptors (Lipinski definition) is 3. The van der Waals surface area contributed by atoms with Crippen molar-refractivity contribution < 1.29 is 9.90 Å². The smallest absolute Gasteiger partial charge is 0.307 e. The van der Waals surface area contributed by atoms with Crippen molar-refractivity contribution in [2.45, 2.75) is 26.3 Å². The zero-order valence-electron chi connectivity index (χ0n) is 11.7. The summed E-state index contributed by atoms with van der Waals surface area (Å²) in [4.78, 5) is 16.5. The molecule has 4 nitrogen and oxygen atoms in total. The maximum Gasteiger partial charge on any atom is 0.307 e. The summed E-state index contributed by atoms with van der Waals surface area (Å²) < 4.78 is 2.15. The van der Waals surface area contributed by atoms with Gasteiger partial charge in [-0.3, -0.25) is 4.79 Å². The maximum atomic E-state index is 11.0. The third-order valence-corrected chi connectivity index (χ3v) is 4.63. The van der Waals surface area contributed by atoms with E-state index < -0.39 is 5.97 Å². The number of hydrogen-bond donors (Lipinski definition) is 1. The van der Waals surface area contributed by atoms with Gasteiger partial charge in [-0.2, -0.15) is 0 Å². The molecule has 3 rings (SSSR count). The van der Waals surface area contributed by atoms with Gasteiger partial charge in [0.15, 0.2) is 0 Å². The first kappa shape index (κ1) is 13.8. The van der Waals surface area contributed by atoms with Crippen molar-refractivity contribution in [3.63, 3.8) is 0 Å². The van der Waals surface area contributed by atoms with Crippen LogP contribution in [0.25, 0.3) is 10.9 Å². The molecule has 0 spiro atoms. The van der Waals surface area contributed by atoms with Gasteiger partial charge in [0.05, 0.1) is 17.6 Å². The Kier molecular flexibility index (Phi) is 3.75. The summed E-state index contributed by atoms with van der Waals surface area (Å²) in [5.41, 5.74) is 4.92. The average Bonchev–Trinajstić information content (AvgIpc) is 3.01. The van der Waals surface area contributed by atoms with Gasteiger partial charge in [0.25, 0.3) is 0 Å². The second-order valence-electron chi connectivity index (χ2n) is 5.05. The summed E-state index contributed by atoms with van der Waals surface area (Å²) in [6.07, 6.45) is 2.95. The molecule has 0 fully saturated rings. The minimum atomic E-state index is -0.795. The molecule has 0 amide bonds. The van der Waals surface area contributed by atoms with Crippen molar-refractivity contribution in [3.05, 3.63) is 52.1 Å². The van der Waals surface area contributed by atoms with Crippen LogP contribution in [0, 0.1) is 6.92 Å². The predicted octanol–water partition coefficient (Wildman–Crippen LogP) is 3.28. The first-order chi connectivity index (χ1) is 10.1. The topological polar surface area (TPSA) is 55.1 Å². The number of benzene rings is 1. The van der Waals surface area contributed by atoms with Crippen molar-refractivity contribution in [1.29, 1.82) is 0 Å². The third-order valence-electron chi connectivity index (χ3n) is 3.64. The van der Waals surface area contributed by atoms with Crippen LogP contribution >= 0.6 is 11.3 Å². The number of carboxylic acid groups (broad SMARTS) is 1. The maximum absolute atomic E-state index is 11.0. The summed E-state index contributed by atoms with van der Waals surface area (Å²) in [5.74, 6) is -0.795. The van der Waals surface area contributed by atoms with Crippen LogP contribution < -0.4 is 0 Å². The summed E-state index contributed by atoms with van der Waals surface area (Å²) in [6.45, 7) is 2.86. The monoisotopic (exact) mass is 300 g/mol. The molecule has 1 N–H and O–H groups in total. The van der Waals surface area contributed by atoms with Crippen LogP contribution in [0.1, 0.15) is 16.1 Å². The Morgan fingerprint density at radius 2 is 2.19 bits per heavy atom. The summed E-state index contributed by atoms with van der Waals surface area (Å²) in [7, 11) is 0. The van der Waals surface area contributed by atoms with Gasteiger partial charge in [-0.15, -0.1) is 11.3 Å². The number of aliphatic carboxylic acids is 1. The van der Waals surface area contributed by atoms with Gasteiger partial charge in [0.1, 0.15) is 0 Å². The number of fused-ring (bicyclic) bond motifs is 1. The number of rotatable bonds is 5. The summed E-state index contributed by atoms with van der Waals surface area (Å²) >= 11 is 1.67. The van der Waals surface area contributed by atoms with Gasteiger partial charge in [0, 0.05) is 34.9 Å². The van der Waals surface area contributed by atoms with Gasteiger partial charge in [-0.05, 0) is 18.6 Å². The van der Waals surface area contributed by atoms with Gasteiger partial charge in [-0.1, -0.05) is 18.2 Å². The Balaban J connectivity index is 1.91. The van der Waals surface area contributed by atoms with Crippen LogP contribution in [0.5, 0.6) is 0 Å². The van der Waals surface area contributed by atoms with Gasteiger partial charge in [0.2, 0.25) is 0 Å². The van der Waals surface area contributed by atoms with E-state index in [4.69, 9.17) is 5.11 Å². The summed E-state index contributed by atoms with van der Waals surface area (Å²) in [6, 6.07) is 7.97. The number of nitrogens with zero attached hydrogens (tertiary/aromatic N) is 2. The molecule has 5 heteroatoms. The van der Waals surface area contributed by atoms with Gasteiger partial charge in [-0.25, -0.2) is 4.98 Å². The number of carboxylic acids is 1. The van der Waals surface area contributed by atoms with Crippen LogP contribution in [0.4, 0.5) is 0 Å². The molecule has 2 aromatic heterocycles. The van der Waals surface area contributed by atoms with E-state index >= 15 is 0 Å². The summed E-state index contributed by atoms with van der Waals surface area (Å²) in [5, 5.41) is 10.1. The molecular formula is C16H16N2O2S. The van der Waals surface area contributed by atoms with E-state index in [2.05, 4.69) is 9.55 Å². The molecule has 0 unspecified atom stereocenters. The number of thiazole rings is 1. The molecule has 1 aromatic carbocycles. The highest BCUT2D eigenvalue weighted by molar-refractivity contribution is 7.09. The number of para-hydroxylation sites is 1. The Hall–Kier alpha value is -2.14. The van der Waals surface area contributed by atoms with E-state index in [1.54, 1.807) is 11.3 Å². The molecule has 0 saturated heterocycles. The quantitative estimate of drug-likeness (QED) is 0.786. The molecule has 0 aliphatic carbocycles. The predicted molar refractivity (Wildman–Crippen MR) is 83.8 cm³/mol. The van der Waals surface area contributed by atoms with E-state index in [9.17, 15) is 4.79 Å². The van der Waals surface area contributed by atoms with Crippen LogP contribution in [0.15, 0.2) is 36.0 Å². The zero-order chi connectivity index (χ0) is 14.8. The molecule has 0 aliphatic heterocycles. The van der Waals surface area contributed by atoms with Crippen molar-refractivity contribution in [2.24, 2.45) is 0 Å². The highest BCUT2D eigenvalue weighted by Gasteiger charge is 2.11. The lowest BCUT2D eigenvalue weighted by Gasteiger charge is -2.04. The average molecular weight is 300 g/mol. The molecule has 0 radical (unpaired) electrons. The molecular weight excluding hydrogens is 284 g/mol. The standard InChI is InChI=1S/C16H16N2O2S/c1-11-15(21-10-17-11)6-7-18-9-12(8-16(19)20)13-4-2-3-5-14(13)18/h2-5,9-10H,6-8H2,1H3,(H,19,20). The Morgan fingerprint density at radius 3 is 2.90 bits per heavy atom. The van der Waals surface area contributed by atoms with Crippen LogP contribution in [0.2, 0.25) is 0 Å². The van der Waals surface area contributed by atoms with Crippen LogP contribution in [-0.2, 0) is 24.2 Å². The number of aryl methyl sites for hydroxylation is 3. The van der Waals surface area contributed by atoms with Crippen molar-refractivity contribution in [1.82, 2.24) is 9.55 Å². The largest absolute Gasteiger partial charge is 0.481 e. The van der Waals surface area contributed by atoms with Crippen molar-refractivity contribution in [2.75, 3.05) is 0 Å². The fraction of sp³-hybridized carbons (Fsp3) is 0.250. The SMILES string of the molecule is Cc1ncsc1CCn1cc(CC(=O)O)c2ccccc21. The van der Waals surface area contributed by atoms with Crippen LogP contribution in [0.3, 0.4) is 0 Å². The molecule has 0 saturated carbocycles. The highest BCUT2D eigenvalue weighted by atomic mass is 32.1. The molecule has 0 atom stereocenters. The second-order valence-corrected chi connectivity index (χ2v) is 5.99. The lowest BCUT2D eigenvalue weighted by atomic mass is 10.1. The zero-order valence-corrected chi connectivity index (χ0v) is 12.6. The molecule has 2 heterocycles. The molecule has 21 heavy (non-hydrogen) atoms. The lowest BCUT2D eigenvalue weighted by molar-refractivity contribution is -0.136.